The Labute approximate surface area is 192 Å². The molecule has 3 aromatic rings. The Hall–Kier alpha value is -3.31. The Morgan fingerprint density at radius 1 is 0.875 bits per heavy atom. The summed E-state index contributed by atoms with van der Waals surface area (Å²) >= 11 is 1.43. The molecule has 0 atom stereocenters. The fraction of sp³-hybridized carbons (Fsp3) is 0.185. The molecule has 32 heavy (non-hydrogen) atoms. The van der Waals surface area contributed by atoms with Crippen LogP contribution in [0.25, 0.3) is 5.57 Å². The van der Waals surface area contributed by atoms with Crippen molar-refractivity contribution in [3.63, 3.8) is 0 Å². The van der Waals surface area contributed by atoms with Gasteiger partial charge in [0.1, 0.15) is 5.75 Å². The molecule has 0 spiro atoms. The molecule has 3 aromatic carbocycles. The van der Waals surface area contributed by atoms with E-state index in [4.69, 9.17) is 4.74 Å². The third kappa shape index (κ3) is 4.34. The lowest BCUT2D eigenvalue weighted by Gasteiger charge is -2.17. The van der Waals surface area contributed by atoms with Crippen molar-refractivity contribution >= 4 is 29.1 Å². The van der Waals surface area contributed by atoms with E-state index in [1.54, 1.807) is 7.11 Å². The topological polar surface area (TPSA) is 46.6 Å². The number of carbonyl (C=O) groups is 2. The Bertz CT molecular complexity index is 1200. The van der Waals surface area contributed by atoms with Gasteiger partial charge in [-0.05, 0) is 36.6 Å². The highest BCUT2D eigenvalue weighted by atomic mass is 32.2. The number of hydrogen-bond acceptors (Lipinski definition) is 4. The predicted molar refractivity (Wildman–Crippen MR) is 129 cm³/mol. The molecule has 0 radical (unpaired) electrons. The quantitative estimate of drug-likeness (QED) is 0.451. The lowest BCUT2D eigenvalue weighted by molar-refractivity contribution is -0.137. The number of carbonyl (C=O) groups excluding carboxylic acids is 2. The van der Waals surface area contributed by atoms with Gasteiger partial charge in [0.25, 0.3) is 11.8 Å². The zero-order chi connectivity index (χ0) is 22.7. The van der Waals surface area contributed by atoms with Gasteiger partial charge in [-0.3, -0.25) is 14.5 Å². The highest BCUT2D eigenvalue weighted by molar-refractivity contribution is 8.03. The maximum absolute atomic E-state index is 13.6. The van der Waals surface area contributed by atoms with Crippen LogP contribution >= 0.6 is 11.8 Å². The Morgan fingerprint density at radius 3 is 2.31 bits per heavy atom. The second kappa shape index (κ2) is 9.45. The van der Waals surface area contributed by atoms with Gasteiger partial charge in [-0.15, -0.1) is 11.8 Å². The summed E-state index contributed by atoms with van der Waals surface area (Å²) in [6.45, 7) is 4.17. The fourth-order valence-electron chi connectivity index (χ4n) is 3.90. The van der Waals surface area contributed by atoms with E-state index in [2.05, 4.69) is 0 Å². The Kier molecular flexibility index (Phi) is 6.47. The van der Waals surface area contributed by atoms with Gasteiger partial charge in [-0.1, -0.05) is 72.3 Å². The van der Waals surface area contributed by atoms with E-state index in [1.165, 1.54) is 16.7 Å². The summed E-state index contributed by atoms with van der Waals surface area (Å²) in [7, 11) is 1.59. The Morgan fingerprint density at radius 2 is 1.59 bits per heavy atom. The third-order valence-electron chi connectivity index (χ3n) is 5.52. The molecule has 1 aliphatic rings. The molecule has 0 aliphatic carbocycles. The van der Waals surface area contributed by atoms with Gasteiger partial charge in [-0.2, -0.15) is 0 Å². The number of imide groups is 1. The number of rotatable bonds is 7. The summed E-state index contributed by atoms with van der Waals surface area (Å²) in [5.41, 5.74) is 5.31. The van der Waals surface area contributed by atoms with Crippen molar-refractivity contribution in [1.82, 2.24) is 4.90 Å². The first kappa shape index (κ1) is 21.9. The number of ether oxygens (including phenoxy) is 1. The van der Waals surface area contributed by atoms with Crippen LogP contribution in [-0.4, -0.2) is 23.8 Å². The molecular weight excluding hydrogens is 418 g/mol. The molecule has 0 bridgehead atoms. The minimum atomic E-state index is -0.261. The number of nitrogens with zero attached hydrogens (tertiary/aromatic N) is 1. The maximum atomic E-state index is 13.6. The molecule has 0 saturated carbocycles. The monoisotopic (exact) mass is 443 g/mol. The van der Waals surface area contributed by atoms with Crippen molar-refractivity contribution in [2.24, 2.45) is 0 Å². The molecule has 4 rings (SSSR count). The van der Waals surface area contributed by atoms with Crippen LogP contribution in [0.15, 0.2) is 77.7 Å². The molecule has 0 fully saturated rings. The molecule has 5 heteroatoms. The van der Waals surface area contributed by atoms with E-state index < -0.39 is 0 Å². The van der Waals surface area contributed by atoms with E-state index in [1.807, 2.05) is 86.6 Å². The third-order valence-corrected chi connectivity index (χ3v) is 6.67. The van der Waals surface area contributed by atoms with Crippen LogP contribution in [0.2, 0.25) is 0 Å². The van der Waals surface area contributed by atoms with Crippen LogP contribution in [0, 0.1) is 13.8 Å². The fourth-order valence-corrected chi connectivity index (χ4v) is 4.98. The van der Waals surface area contributed by atoms with E-state index in [9.17, 15) is 9.59 Å². The Balaban J connectivity index is 1.72. The minimum absolute atomic E-state index is 0.172. The van der Waals surface area contributed by atoms with Crippen molar-refractivity contribution in [3.8, 4) is 5.75 Å². The van der Waals surface area contributed by atoms with Crippen LogP contribution < -0.4 is 4.74 Å². The SMILES string of the molecule is COc1ccccc1CN1C(=O)C(SCc2ccccc2)=C(c2ccc(C)cc2C)C1=O. The number of thioether (sulfide) groups is 1. The molecule has 0 aromatic heterocycles. The highest BCUT2D eigenvalue weighted by Gasteiger charge is 2.39. The highest BCUT2D eigenvalue weighted by Crippen LogP contribution is 2.39. The van der Waals surface area contributed by atoms with Gasteiger partial charge in [0, 0.05) is 11.3 Å². The summed E-state index contributed by atoms with van der Waals surface area (Å²) in [5.74, 6) is 0.762. The van der Waals surface area contributed by atoms with Gasteiger partial charge in [0.15, 0.2) is 0 Å². The molecule has 162 valence electrons. The largest absolute Gasteiger partial charge is 0.496 e. The zero-order valence-electron chi connectivity index (χ0n) is 18.4. The standard InChI is InChI=1S/C27H25NO3S/c1-18-13-14-22(19(2)15-18)24-25(32-17-20-9-5-4-6-10-20)27(30)28(26(24)29)16-21-11-7-8-12-23(21)31-3/h4-15H,16-17H2,1-3H3. The normalized spacial score (nSPS) is 13.8. The van der Waals surface area contributed by atoms with Gasteiger partial charge >= 0.3 is 0 Å². The van der Waals surface area contributed by atoms with Crippen LogP contribution in [0.3, 0.4) is 0 Å². The molecule has 0 N–H and O–H groups in total. The van der Waals surface area contributed by atoms with Crippen molar-refractivity contribution < 1.29 is 14.3 Å². The second-order valence-electron chi connectivity index (χ2n) is 7.81. The summed E-state index contributed by atoms with van der Waals surface area (Å²) < 4.78 is 5.43. The predicted octanol–water partition coefficient (Wildman–Crippen LogP) is 5.53. The van der Waals surface area contributed by atoms with Crippen molar-refractivity contribution in [3.05, 3.63) is 106 Å². The first-order chi connectivity index (χ1) is 15.5. The number of methoxy groups -OCH3 is 1. The summed E-state index contributed by atoms with van der Waals surface area (Å²) in [6, 6.07) is 23.4. The van der Waals surface area contributed by atoms with Gasteiger partial charge in [-0.25, -0.2) is 0 Å². The molecule has 2 amide bonds. The average molecular weight is 444 g/mol. The lowest BCUT2D eigenvalue weighted by Crippen LogP contribution is -2.31. The number of amides is 2. The van der Waals surface area contributed by atoms with Crippen LogP contribution in [-0.2, 0) is 21.9 Å². The van der Waals surface area contributed by atoms with Gasteiger partial charge < -0.3 is 4.74 Å². The first-order valence-corrected chi connectivity index (χ1v) is 11.4. The summed E-state index contributed by atoms with van der Waals surface area (Å²) in [5, 5.41) is 0. The number of benzene rings is 3. The first-order valence-electron chi connectivity index (χ1n) is 10.5. The molecule has 1 heterocycles. The smallest absolute Gasteiger partial charge is 0.268 e. The second-order valence-corrected chi connectivity index (χ2v) is 8.79. The van der Waals surface area contributed by atoms with Crippen molar-refractivity contribution in [1.29, 1.82) is 0 Å². The van der Waals surface area contributed by atoms with E-state index >= 15 is 0 Å². The molecule has 4 nitrogen and oxygen atoms in total. The van der Waals surface area contributed by atoms with E-state index in [0.717, 1.165) is 27.8 Å². The minimum Gasteiger partial charge on any atom is -0.496 e. The van der Waals surface area contributed by atoms with Crippen LogP contribution in [0.1, 0.15) is 27.8 Å². The lowest BCUT2D eigenvalue weighted by atomic mass is 9.99. The van der Waals surface area contributed by atoms with Crippen molar-refractivity contribution in [2.75, 3.05) is 7.11 Å². The van der Waals surface area contributed by atoms with E-state index in [0.29, 0.717) is 22.0 Å². The summed E-state index contributed by atoms with van der Waals surface area (Å²) in [4.78, 5) is 28.9. The summed E-state index contributed by atoms with van der Waals surface area (Å²) in [6.07, 6.45) is 0. The average Bonchev–Trinajstić information content (AvgIpc) is 3.03. The van der Waals surface area contributed by atoms with Crippen molar-refractivity contribution in [2.45, 2.75) is 26.1 Å². The number of aryl methyl sites for hydroxylation is 2. The maximum Gasteiger partial charge on any atom is 0.268 e. The molecular formula is C27H25NO3S. The molecule has 1 aliphatic heterocycles. The van der Waals surface area contributed by atoms with Crippen LogP contribution in [0.4, 0.5) is 0 Å². The zero-order valence-corrected chi connectivity index (χ0v) is 19.2. The van der Waals surface area contributed by atoms with Crippen LogP contribution in [0.5, 0.6) is 5.75 Å². The number of para-hydroxylation sites is 1. The van der Waals surface area contributed by atoms with Gasteiger partial charge in [0.05, 0.1) is 24.1 Å². The number of hydrogen-bond donors (Lipinski definition) is 0. The molecule has 0 saturated heterocycles. The van der Waals surface area contributed by atoms with Gasteiger partial charge in [0.2, 0.25) is 0 Å². The molecule has 0 unspecified atom stereocenters. The van der Waals surface area contributed by atoms with E-state index in [-0.39, 0.29) is 18.4 Å².